The van der Waals surface area contributed by atoms with Crippen molar-refractivity contribution in [1.82, 2.24) is 15.1 Å². The molecule has 0 aliphatic heterocycles. The molecular formula is C26H28N4O5. The van der Waals surface area contributed by atoms with Crippen LogP contribution in [0, 0.1) is 5.41 Å². The summed E-state index contributed by atoms with van der Waals surface area (Å²) in [4.78, 5) is 36.9. The van der Waals surface area contributed by atoms with Gasteiger partial charge < -0.3 is 15.2 Å². The highest BCUT2D eigenvalue weighted by atomic mass is 16.5. The van der Waals surface area contributed by atoms with Crippen molar-refractivity contribution in [3.63, 3.8) is 0 Å². The molecule has 0 saturated heterocycles. The van der Waals surface area contributed by atoms with Gasteiger partial charge in [0.05, 0.1) is 11.6 Å². The minimum atomic E-state index is -1.10. The number of carboxylic acids is 1. The number of amides is 2. The molecule has 1 heterocycles. The smallest absolute Gasteiger partial charge is 0.412 e. The number of hydrogen-bond acceptors (Lipinski definition) is 5. The van der Waals surface area contributed by atoms with Crippen LogP contribution in [0.2, 0.25) is 0 Å². The predicted molar refractivity (Wildman–Crippen MR) is 130 cm³/mol. The normalized spacial score (nSPS) is 13.9. The third-order valence-electron chi connectivity index (χ3n) is 6.68. The van der Waals surface area contributed by atoms with Gasteiger partial charge in [-0.25, -0.2) is 4.79 Å². The Hall–Kier alpha value is -4.14. The first-order chi connectivity index (χ1) is 16.7. The van der Waals surface area contributed by atoms with E-state index in [1.54, 1.807) is 20.9 Å². The Morgan fingerprint density at radius 2 is 1.69 bits per heavy atom. The lowest BCUT2D eigenvalue weighted by atomic mass is 9.87. The Morgan fingerprint density at radius 1 is 1.09 bits per heavy atom. The van der Waals surface area contributed by atoms with Crippen LogP contribution in [0.5, 0.6) is 0 Å². The zero-order valence-corrected chi connectivity index (χ0v) is 19.9. The van der Waals surface area contributed by atoms with E-state index < -0.39 is 23.4 Å². The molecule has 182 valence electrons. The van der Waals surface area contributed by atoms with E-state index in [4.69, 9.17) is 4.74 Å². The fourth-order valence-electron chi connectivity index (χ4n) is 4.21. The van der Waals surface area contributed by atoms with Crippen LogP contribution >= 0.6 is 0 Å². The molecule has 0 bridgehead atoms. The second-order valence-corrected chi connectivity index (χ2v) is 8.88. The molecule has 3 N–H and O–H groups in total. The van der Waals surface area contributed by atoms with E-state index in [9.17, 15) is 19.5 Å². The molecule has 9 heteroatoms. The minimum absolute atomic E-state index is 0.0586. The summed E-state index contributed by atoms with van der Waals surface area (Å²) in [6.45, 7) is 3.38. The van der Waals surface area contributed by atoms with Gasteiger partial charge in [0, 0.05) is 19.5 Å². The Bertz CT molecular complexity index is 1240. The number of ether oxygens (including phenoxy) is 1. The topological polar surface area (TPSA) is 123 Å². The Morgan fingerprint density at radius 3 is 2.26 bits per heavy atom. The number of aryl methyl sites for hydroxylation is 1. The maximum Gasteiger partial charge on any atom is 0.412 e. The molecule has 1 unspecified atom stereocenters. The van der Waals surface area contributed by atoms with Gasteiger partial charge >= 0.3 is 12.1 Å². The molecule has 0 radical (unpaired) electrons. The Labute approximate surface area is 203 Å². The number of aliphatic carboxylic acids is 1. The SMILES string of the molecule is CCC(C)(CNC(=O)c1cnn(C)c1NC(=O)OCC1c2ccccc2-c2ccccc21)C(=O)O. The van der Waals surface area contributed by atoms with Crippen molar-refractivity contribution < 1.29 is 24.2 Å². The van der Waals surface area contributed by atoms with Crippen LogP contribution in [0.3, 0.4) is 0 Å². The van der Waals surface area contributed by atoms with Gasteiger partial charge in [-0.2, -0.15) is 5.10 Å². The molecule has 0 fully saturated rings. The number of nitrogens with zero attached hydrogens (tertiary/aromatic N) is 2. The molecule has 1 aliphatic carbocycles. The van der Waals surface area contributed by atoms with Crippen LogP contribution in [0.1, 0.15) is 47.7 Å². The van der Waals surface area contributed by atoms with Gasteiger partial charge in [-0.05, 0) is 35.6 Å². The third-order valence-corrected chi connectivity index (χ3v) is 6.68. The van der Waals surface area contributed by atoms with Crippen molar-refractivity contribution in [2.75, 3.05) is 18.5 Å². The van der Waals surface area contributed by atoms with Gasteiger partial charge in [0.25, 0.3) is 5.91 Å². The van der Waals surface area contributed by atoms with Crippen molar-refractivity contribution in [1.29, 1.82) is 0 Å². The summed E-state index contributed by atoms with van der Waals surface area (Å²) < 4.78 is 6.92. The summed E-state index contributed by atoms with van der Waals surface area (Å²) in [6, 6.07) is 16.1. The summed E-state index contributed by atoms with van der Waals surface area (Å²) in [5.74, 6) is -1.46. The number of fused-ring (bicyclic) bond motifs is 3. The van der Waals surface area contributed by atoms with E-state index in [1.807, 2.05) is 36.4 Å². The molecule has 4 rings (SSSR count). The average molecular weight is 477 g/mol. The quantitative estimate of drug-likeness (QED) is 0.451. The van der Waals surface area contributed by atoms with Crippen molar-refractivity contribution in [2.45, 2.75) is 26.2 Å². The number of carbonyl (C=O) groups excluding carboxylic acids is 2. The van der Waals surface area contributed by atoms with E-state index in [2.05, 4.69) is 27.9 Å². The summed E-state index contributed by atoms with van der Waals surface area (Å²) in [7, 11) is 1.59. The van der Waals surface area contributed by atoms with Gasteiger partial charge in [0.1, 0.15) is 18.0 Å². The standard InChI is InChI=1S/C26H28N4O5/c1-4-26(2,24(32)33)15-27-23(31)20-13-28-30(3)22(20)29-25(34)35-14-21-18-11-7-5-9-16(18)17-10-6-8-12-19(17)21/h5-13,21H,4,14-15H2,1-3H3,(H,27,31)(H,29,34)(H,32,33). The molecule has 9 nitrogen and oxygen atoms in total. The number of anilines is 1. The minimum Gasteiger partial charge on any atom is -0.481 e. The number of rotatable bonds is 8. The number of nitrogens with one attached hydrogen (secondary N) is 2. The second-order valence-electron chi connectivity index (χ2n) is 8.88. The molecule has 35 heavy (non-hydrogen) atoms. The zero-order valence-electron chi connectivity index (χ0n) is 19.9. The highest BCUT2D eigenvalue weighted by molar-refractivity contribution is 6.01. The zero-order chi connectivity index (χ0) is 25.2. The number of hydrogen-bond donors (Lipinski definition) is 3. The van der Waals surface area contributed by atoms with Crippen LogP contribution in [0.25, 0.3) is 11.1 Å². The molecular weight excluding hydrogens is 448 g/mol. The van der Waals surface area contributed by atoms with E-state index in [1.165, 1.54) is 10.9 Å². The molecule has 2 aromatic carbocycles. The van der Waals surface area contributed by atoms with Crippen LogP contribution in [-0.2, 0) is 16.6 Å². The molecule has 2 amide bonds. The molecule has 1 aromatic heterocycles. The Balaban J connectivity index is 1.43. The molecule has 0 saturated carbocycles. The van der Waals surface area contributed by atoms with Crippen LogP contribution in [0.4, 0.5) is 10.6 Å². The number of aromatic nitrogens is 2. The highest BCUT2D eigenvalue weighted by Crippen LogP contribution is 2.44. The summed E-state index contributed by atoms with van der Waals surface area (Å²) in [6.07, 6.45) is 0.951. The predicted octanol–water partition coefficient (Wildman–Crippen LogP) is 4.01. The molecule has 1 aliphatic rings. The van der Waals surface area contributed by atoms with E-state index >= 15 is 0 Å². The first kappa shape index (κ1) is 24.0. The van der Waals surface area contributed by atoms with E-state index in [0.29, 0.717) is 6.42 Å². The number of carbonyl (C=O) groups is 3. The first-order valence-electron chi connectivity index (χ1n) is 11.4. The molecule has 1 atom stereocenters. The van der Waals surface area contributed by atoms with Gasteiger partial charge in [0.2, 0.25) is 0 Å². The largest absolute Gasteiger partial charge is 0.481 e. The lowest BCUT2D eigenvalue weighted by Crippen LogP contribution is -2.40. The molecule has 0 spiro atoms. The van der Waals surface area contributed by atoms with Crippen molar-refractivity contribution in [3.05, 3.63) is 71.4 Å². The van der Waals surface area contributed by atoms with Crippen molar-refractivity contribution >= 4 is 23.8 Å². The molecule has 3 aromatic rings. The van der Waals surface area contributed by atoms with Gasteiger partial charge in [-0.3, -0.25) is 19.6 Å². The summed E-state index contributed by atoms with van der Waals surface area (Å²) in [5, 5.41) is 18.7. The average Bonchev–Trinajstić information content (AvgIpc) is 3.38. The number of benzene rings is 2. The first-order valence-corrected chi connectivity index (χ1v) is 11.4. The maximum atomic E-state index is 12.7. The summed E-state index contributed by atoms with van der Waals surface area (Å²) in [5.41, 5.74) is 3.47. The lowest BCUT2D eigenvalue weighted by Gasteiger charge is -2.23. The van der Waals surface area contributed by atoms with Crippen LogP contribution in [-0.4, -0.2) is 46.0 Å². The second kappa shape index (κ2) is 9.61. The summed E-state index contributed by atoms with van der Waals surface area (Å²) >= 11 is 0. The van der Waals surface area contributed by atoms with E-state index in [-0.39, 0.29) is 30.5 Å². The van der Waals surface area contributed by atoms with Crippen LogP contribution in [0.15, 0.2) is 54.7 Å². The monoisotopic (exact) mass is 476 g/mol. The van der Waals surface area contributed by atoms with Gasteiger partial charge in [0.15, 0.2) is 0 Å². The highest BCUT2D eigenvalue weighted by Gasteiger charge is 2.32. The van der Waals surface area contributed by atoms with Crippen molar-refractivity contribution in [2.24, 2.45) is 12.5 Å². The van der Waals surface area contributed by atoms with Crippen molar-refractivity contribution in [3.8, 4) is 11.1 Å². The Kier molecular flexibility index (Phi) is 6.59. The fourth-order valence-corrected chi connectivity index (χ4v) is 4.21. The van der Waals surface area contributed by atoms with Crippen LogP contribution < -0.4 is 10.6 Å². The third kappa shape index (κ3) is 4.62. The van der Waals surface area contributed by atoms with Gasteiger partial charge in [-0.15, -0.1) is 0 Å². The fraction of sp³-hybridized carbons (Fsp3) is 0.308. The number of carboxylic acid groups (broad SMARTS) is 1. The van der Waals surface area contributed by atoms with E-state index in [0.717, 1.165) is 22.3 Å². The maximum absolute atomic E-state index is 12.7. The van der Waals surface area contributed by atoms with Gasteiger partial charge in [-0.1, -0.05) is 55.5 Å². The lowest BCUT2D eigenvalue weighted by molar-refractivity contribution is -0.147.